The number of carbonyl (C=O) groups excluding carboxylic acids is 4. The predicted molar refractivity (Wildman–Crippen MR) is 223 cm³/mol. The van der Waals surface area contributed by atoms with Gasteiger partial charge in [-0.2, -0.15) is 0 Å². The summed E-state index contributed by atoms with van der Waals surface area (Å²) in [5.41, 5.74) is 1.10. The lowest BCUT2D eigenvalue weighted by molar-refractivity contribution is -0.144. The van der Waals surface area contributed by atoms with E-state index in [1.54, 1.807) is 20.4 Å². The van der Waals surface area contributed by atoms with Crippen LogP contribution in [-0.2, 0) is 35.1 Å². The number of likely N-dealkylation sites (tertiary alicyclic amines) is 1. The summed E-state index contributed by atoms with van der Waals surface area (Å²) in [6.45, 7) is 14.6. The molecule has 1 fully saturated rings. The molecule has 314 valence electrons. The number of nitrogens with zero attached hydrogens (tertiary/aromatic N) is 4. The van der Waals surface area contributed by atoms with E-state index in [-0.39, 0.29) is 65.9 Å². The van der Waals surface area contributed by atoms with E-state index in [2.05, 4.69) is 29.5 Å². The van der Waals surface area contributed by atoms with Crippen molar-refractivity contribution in [3.8, 4) is 0 Å². The zero-order chi connectivity index (χ0) is 41.7. The molecule has 1 aliphatic heterocycles. The van der Waals surface area contributed by atoms with E-state index in [4.69, 9.17) is 9.47 Å². The molecule has 1 aromatic heterocycles. The second-order valence-electron chi connectivity index (χ2n) is 16.3. The third-order valence-electron chi connectivity index (χ3n) is 11.9. The number of benzene rings is 1. The minimum atomic E-state index is -0.641. The first-order valence-corrected chi connectivity index (χ1v) is 21.3. The van der Waals surface area contributed by atoms with E-state index in [1.807, 2.05) is 106 Å². The van der Waals surface area contributed by atoms with Gasteiger partial charge >= 0.3 is 0 Å². The number of likely N-dealkylation sites (N-methyl/N-ethyl adjacent to an activating group) is 2. The van der Waals surface area contributed by atoms with Crippen molar-refractivity contribution in [1.82, 2.24) is 30.3 Å². The van der Waals surface area contributed by atoms with Crippen molar-refractivity contribution < 1.29 is 28.7 Å². The number of amides is 4. The molecular formula is C43H70N6O6S. The molecule has 2 N–H and O–H groups in total. The molecule has 0 aliphatic carbocycles. The van der Waals surface area contributed by atoms with Crippen molar-refractivity contribution in [2.75, 3.05) is 41.9 Å². The van der Waals surface area contributed by atoms with Gasteiger partial charge in [-0.05, 0) is 63.7 Å². The van der Waals surface area contributed by atoms with Gasteiger partial charge in [0.05, 0.1) is 48.7 Å². The Bertz CT molecular complexity index is 1510. The van der Waals surface area contributed by atoms with E-state index < -0.39 is 30.2 Å². The molecule has 4 amide bonds. The Labute approximate surface area is 340 Å². The normalized spacial score (nSPS) is 19.6. The summed E-state index contributed by atoms with van der Waals surface area (Å²) in [5.74, 6) is -1.45. The summed E-state index contributed by atoms with van der Waals surface area (Å²) in [6.07, 6.45) is 4.47. The number of hydrogen-bond donors (Lipinski definition) is 2. The van der Waals surface area contributed by atoms with E-state index in [9.17, 15) is 19.2 Å². The third kappa shape index (κ3) is 12.1. The number of thiazole rings is 1. The Morgan fingerprint density at radius 3 is 2.09 bits per heavy atom. The Hall–Kier alpha value is -3.23. The largest absolute Gasteiger partial charge is 0.379 e. The summed E-state index contributed by atoms with van der Waals surface area (Å²) in [4.78, 5) is 66.0. The highest BCUT2D eigenvalue weighted by molar-refractivity contribution is 7.09. The average molecular weight is 799 g/mol. The highest BCUT2D eigenvalue weighted by Crippen LogP contribution is 2.31. The Kier molecular flexibility index (Phi) is 19.1. The van der Waals surface area contributed by atoms with Crippen LogP contribution < -0.4 is 10.6 Å². The highest BCUT2D eigenvalue weighted by atomic mass is 32.1. The lowest BCUT2D eigenvalue weighted by atomic mass is 9.87. The first kappa shape index (κ1) is 47.1. The molecule has 2 aromatic rings. The van der Waals surface area contributed by atoms with Gasteiger partial charge in [0.15, 0.2) is 0 Å². The molecule has 0 saturated carbocycles. The topological polar surface area (TPSA) is 133 Å². The van der Waals surface area contributed by atoms with Gasteiger partial charge in [0, 0.05) is 38.4 Å². The molecule has 13 heteroatoms. The monoisotopic (exact) mass is 799 g/mol. The van der Waals surface area contributed by atoms with E-state index in [1.165, 1.54) is 11.3 Å². The summed E-state index contributed by atoms with van der Waals surface area (Å²) in [5, 5.41) is 8.73. The number of aromatic nitrogens is 1. The standard InChI is InChI=1S/C43H70N6O6S/c1-13-28(5)37(48(10)36(27(3)4)41(52)46-42(53)38(47(8)9)29(6)14-2)34(54-11)26-35(50)49-23-18-21-33(49)39(55-12)30(7)40(51)45-32(43-44-22-24-56-43)25-31-19-16-15-17-20-31/h15-17,19-20,22,24,27-30,32-34,36-39H,13-14,18,21,23,25-26H2,1-12H3,(H,45,51)(H,46,52,53)/t28-,29-,30+,32+,33-,34+,36-,37?,38-,39?/m0/s1. The maximum Gasteiger partial charge on any atom is 0.244 e. The van der Waals surface area contributed by atoms with Crippen LogP contribution in [-0.4, -0.2) is 122 Å². The Balaban J connectivity index is 1.80. The van der Waals surface area contributed by atoms with Crippen LogP contribution in [0.4, 0.5) is 0 Å². The first-order chi connectivity index (χ1) is 26.6. The second-order valence-corrected chi connectivity index (χ2v) is 17.2. The van der Waals surface area contributed by atoms with Crippen molar-refractivity contribution in [2.45, 2.75) is 129 Å². The van der Waals surface area contributed by atoms with Gasteiger partial charge in [-0.3, -0.25) is 34.3 Å². The molecule has 56 heavy (non-hydrogen) atoms. The van der Waals surface area contributed by atoms with Gasteiger partial charge in [0.2, 0.25) is 23.6 Å². The van der Waals surface area contributed by atoms with Crippen LogP contribution in [0.3, 0.4) is 0 Å². The molecule has 1 aromatic carbocycles. The van der Waals surface area contributed by atoms with Gasteiger partial charge in [-0.25, -0.2) is 4.98 Å². The number of methoxy groups -OCH3 is 2. The van der Waals surface area contributed by atoms with E-state index in [0.717, 1.165) is 29.8 Å². The fourth-order valence-electron chi connectivity index (χ4n) is 8.59. The lowest BCUT2D eigenvalue weighted by Crippen LogP contribution is -2.60. The maximum atomic E-state index is 14.4. The summed E-state index contributed by atoms with van der Waals surface area (Å²) in [7, 11) is 8.83. The van der Waals surface area contributed by atoms with Gasteiger partial charge in [0.25, 0.3) is 0 Å². The van der Waals surface area contributed by atoms with Gasteiger partial charge in [-0.15, -0.1) is 11.3 Å². The molecule has 0 radical (unpaired) electrons. The van der Waals surface area contributed by atoms with Crippen molar-refractivity contribution in [1.29, 1.82) is 0 Å². The van der Waals surface area contributed by atoms with E-state index >= 15 is 0 Å². The number of carbonyl (C=O) groups is 4. The van der Waals surface area contributed by atoms with E-state index in [0.29, 0.717) is 19.4 Å². The minimum Gasteiger partial charge on any atom is -0.379 e. The highest BCUT2D eigenvalue weighted by Gasteiger charge is 2.44. The van der Waals surface area contributed by atoms with Crippen molar-refractivity contribution in [3.05, 3.63) is 52.5 Å². The summed E-state index contributed by atoms with van der Waals surface area (Å²) in [6, 6.07) is 8.04. The van der Waals surface area contributed by atoms with Crippen LogP contribution in [0, 0.1) is 23.7 Å². The molecule has 2 heterocycles. The zero-order valence-corrected chi connectivity index (χ0v) is 36.8. The summed E-state index contributed by atoms with van der Waals surface area (Å²) < 4.78 is 12.2. The molecule has 12 nitrogen and oxygen atoms in total. The molecule has 3 rings (SSSR count). The van der Waals surface area contributed by atoms with Crippen molar-refractivity contribution >= 4 is 35.0 Å². The van der Waals surface area contributed by atoms with Gasteiger partial charge < -0.3 is 19.7 Å². The molecule has 1 aliphatic rings. The lowest BCUT2D eigenvalue weighted by Gasteiger charge is -2.43. The molecular weight excluding hydrogens is 729 g/mol. The van der Waals surface area contributed by atoms with Crippen LogP contribution in [0.2, 0.25) is 0 Å². The quantitative estimate of drug-likeness (QED) is 0.157. The SMILES string of the molecule is CC[C@H](C)C([C@@H](CC(=O)N1CCC[C@H]1C(OC)[C@@H](C)C(=O)N[C@H](Cc1ccccc1)c1nccs1)OC)N(C)[C@H](C(=O)NC(=O)[C@H]([C@@H](C)CC)N(C)C)C(C)C. The average Bonchev–Trinajstić information content (AvgIpc) is 3.88. The molecule has 0 spiro atoms. The Morgan fingerprint density at radius 1 is 0.911 bits per heavy atom. The molecule has 2 unspecified atom stereocenters. The first-order valence-electron chi connectivity index (χ1n) is 20.4. The summed E-state index contributed by atoms with van der Waals surface area (Å²) >= 11 is 1.51. The third-order valence-corrected chi connectivity index (χ3v) is 12.8. The number of nitrogens with one attached hydrogen (secondary N) is 2. The van der Waals surface area contributed by atoms with Crippen LogP contribution in [0.1, 0.15) is 97.2 Å². The van der Waals surface area contributed by atoms with Gasteiger partial charge in [-0.1, -0.05) is 91.6 Å². The predicted octanol–water partition coefficient (Wildman–Crippen LogP) is 5.58. The fraction of sp³-hybridized carbons (Fsp3) is 0.698. The van der Waals surface area contributed by atoms with Crippen molar-refractivity contribution in [2.24, 2.45) is 23.7 Å². The Morgan fingerprint density at radius 2 is 1.55 bits per heavy atom. The van der Waals surface area contributed by atoms with Crippen LogP contribution in [0.5, 0.6) is 0 Å². The fourth-order valence-corrected chi connectivity index (χ4v) is 9.28. The molecule has 0 bridgehead atoms. The molecule has 10 atom stereocenters. The van der Waals surface area contributed by atoms with Crippen LogP contribution >= 0.6 is 11.3 Å². The number of hydrogen-bond acceptors (Lipinski definition) is 10. The van der Waals surface area contributed by atoms with Crippen LogP contribution in [0.15, 0.2) is 41.9 Å². The minimum absolute atomic E-state index is 0.0589. The number of imide groups is 1. The smallest absolute Gasteiger partial charge is 0.244 e. The maximum absolute atomic E-state index is 14.4. The van der Waals surface area contributed by atoms with Crippen LogP contribution in [0.25, 0.3) is 0 Å². The molecule has 1 saturated heterocycles. The number of ether oxygens (including phenoxy) is 2. The van der Waals surface area contributed by atoms with Gasteiger partial charge in [0.1, 0.15) is 5.01 Å². The second kappa shape index (κ2) is 22.6. The van der Waals surface area contributed by atoms with Crippen molar-refractivity contribution in [3.63, 3.8) is 0 Å². The zero-order valence-electron chi connectivity index (χ0n) is 36.0. The number of rotatable bonds is 22.